The van der Waals surface area contributed by atoms with Crippen molar-refractivity contribution in [1.29, 1.82) is 0 Å². The van der Waals surface area contributed by atoms with Crippen LogP contribution in [0.15, 0.2) is 48.8 Å². The number of anilines is 1. The van der Waals surface area contributed by atoms with Crippen molar-refractivity contribution < 1.29 is 18.8 Å². The van der Waals surface area contributed by atoms with E-state index in [1.54, 1.807) is 24.5 Å². The van der Waals surface area contributed by atoms with E-state index >= 15 is 0 Å². The van der Waals surface area contributed by atoms with Gasteiger partial charge in [0.25, 0.3) is 11.8 Å². The molecule has 9 nitrogen and oxygen atoms in total. The molecular weight excluding hydrogens is 483 g/mol. The van der Waals surface area contributed by atoms with Crippen LogP contribution in [0, 0.1) is 5.82 Å². The number of nitrogens with two attached hydrogens (primary N) is 2. The Morgan fingerprint density at radius 2 is 1.86 bits per heavy atom. The van der Waals surface area contributed by atoms with Gasteiger partial charge < -0.3 is 21.7 Å². The van der Waals surface area contributed by atoms with Crippen LogP contribution in [0.25, 0.3) is 0 Å². The van der Waals surface area contributed by atoms with Crippen LogP contribution in [0.1, 0.15) is 69.4 Å². The zero-order valence-corrected chi connectivity index (χ0v) is 20.3. The number of halogens is 1. The zero-order valence-electron chi connectivity index (χ0n) is 19.5. The Kier molecular flexibility index (Phi) is 7.89. The van der Waals surface area contributed by atoms with Gasteiger partial charge in [-0.2, -0.15) is 4.37 Å². The lowest BCUT2D eigenvalue weighted by Crippen LogP contribution is -2.46. The first-order valence-corrected chi connectivity index (χ1v) is 12.4. The van der Waals surface area contributed by atoms with E-state index < -0.39 is 23.7 Å². The van der Waals surface area contributed by atoms with E-state index in [9.17, 15) is 18.8 Å². The number of nitrogens with zero attached hydrogens (tertiary/aromatic N) is 3. The summed E-state index contributed by atoms with van der Waals surface area (Å²) < 4.78 is 17.7. The van der Waals surface area contributed by atoms with Gasteiger partial charge in [0, 0.05) is 25.0 Å². The highest BCUT2D eigenvalue weighted by Crippen LogP contribution is 2.31. The number of primary amides is 1. The number of carbonyl (C=O) groups is 3. The number of hydrogen-bond donors (Lipinski definition) is 3. The lowest BCUT2D eigenvalue weighted by atomic mass is 9.94. The lowest BCUT2D eigenvalue weighted by molar-refractivity contribution is -0.127. The van der Waals surface area contributed by atoms with Gasteiger partial charge in [-0.15, -0.1) is 0 Å². The maximum absolute atomic E-state index is 13.9. The molecule has 4 rings (SSSR count). The molecule has 3 amide bonds. The number of nitrogens with one attached hydrogen (secondary N) is 1. The Bertz CT molecular complexity index is 1230. The quantitative estimate of drug-likeness (QED) is 0.424. The van der Waals surface area contributed by atoms with E-state index in [1.807, 2.05) is 0 Å². The average Bonchev–Trinajstić information content (AvgIpc) is 3.27. The summed E-state index contributed by atoms with van der Waals surface area (Å²) in [5.74, 6) is -2.31. The Hall–Kier alpha value is -3.86. The highest BCUT2D eigenvalue weighted by Gasteiger charge is 2.36. The number of aromatic nitrogens is 2. The summed E-state index contributed by atoms with van der Waals surface area (Å²) in [6, 6.07) is 7.84. The smallest absolute Gasteiger partial charge is 0.270 e. The van der Waals surface area contributed by atoms with Crippen LogP contribution in [0.3, 0.4) is 0 Å². The van der Waals surface area contributed by atoms with Gasteiger partial charge in [0.05, 0.1) is 5.69 Å². The third kappa shape index (κ3) is 5.68. The second-order valence-corrected chi connectivity index (χ2v) is 9.50. The summed E-state index contributed by atoms with van der Waals surface area (Å²) in [6.07, 6.45) is 8.03. The van der Waals surface area contributed by atoms with Crippen molar-refractivity contribution in [1.82, 2.24) is 19.6 Å². The van der Waals surface area contributed by atoms with Crippen molar-refractivity contribution in [2.45, 2.75) is 50.7 Å². The molecular formula is C25H27FN6O3S. The molecule has 36 heavy (non-hydrogen) atoms. The highest BCUT2D eigenvalue weighted by atomic mass is 32.1. The highest BCUT2D eigenvalue weighted by molar-refractivity contribution is 7.09. The molecule has 1 aromatic carbocycles. The zero-order chi connectivity index (χ0) is 25.7. The minimum atomic E-state index is -1.10. The van der Waals surface area contributed by atoms with Gasteiger partial charge >= 0.3 is 0 Å². The Morgan fingerprint density at radius 1 is 1.14 bits per heavy atom. The lowest BCUT2D eigenvalue weighted by Gasteiger charge is -2.33. The summed E-state index contributed by atoms with van der Waals surface area (Å²) in [5.41, 5.74) is 12.2. The first-order valence-electron chi connectivity index (χ1n) is 11.7. The monoisotopic (exact) mass is 510 g/mol. The van der Waals surface area contributed by atoms with Gasteiger partial charge in [0.15, 0.2) is 5.69 Å². The Morgan fingerprint density at radius 3 is 2.47 bits per heavy atom. The summed E-state index contributed by atoms with van der Waals surface area (Å²) in [4.78, 5) is 44.7. The maximum Gasteiger partial charge on any atom is 0.270 e. The van der Waals surface area contributed by atoms with Crippen molar-refractivity contribution in [3.8, 4) is 0 Å². The number of carbonyl (C=O) groups excluding carboxylic acids is 3. The van der Waals surface area contributed by atoms with Gasteiger partial charge in [-0.25, -0.2) is 4.39 Å². The Labute approximate surface area is 211 Å². The van der Waals surface area contributed by atoms with Gasteiger partial charge in [0.1, 0.15) is 16.7 Å². The van der Waals surface area contributed by atoms with Crippen molar-refractivity contribution in [3.05, 3.63) is 76.3 Å². The second kappa shape index (κ2) is 11.3. The molecule has 1 aliphatic rings. The van der Waals surface area contributed by atoms with Crippen molar-refractivity contribution >= 4 is 34.9 Å². The molecule has 3 aromatic rings. The van der Waals surface area contributed by atoms with Gasteiger partial charge in [-0.1, -0.05) is 37.5 Å². The molecule has 2 heterocycles. The molecule has 11 heteroatoms. The largest absolute Gasteiger partial charge is 0.395 e. The van der Waals surface area contributed by atoms with Gasteiger partial charge in [-0.05, 0) is 53.7 Å². The fourth-order valence-electron chi connectivity index (χ4n) is 4.37. The van der Waals surface area contributed by atoms with Crippen LogP contribution >= 0.6 is 11.5 Å². The van der Waals surface area contributed by atoms with E-state index in [0.717, 1.165) is 43.6 Å². The first kappa shape index (κ1) is 25.2. The van der Waals surface area contributed by atoms with Crippen LogP contribution < -0.4 is 16.8 Å². The van der Waals surface area contributed by atoms with E-state index in [1.165, 1.54) is 29.2 Å². The predicted molar refractivity (Wildman–Crippen MR) is 133 cm³/mol. The van der Waals surface area contributed by atoms with E-state index in [0.29, 0.717) is 11.1 Å². The van der Waals surface area contributed by atoms with E-state index in [4.69, 9.17) is 11.5 Å². The van der Waals surface area contributed by atoms with Gasteiger partial charge in [0.2, 0.25) is 5.91 Å². The molecule has 2 aromatic heterocycles. The standard InChI is InChI=1S/C25H27FN6O3S/c26-17-10-8-16(9-11-17)21(24(34)30-18-6-2-1-3-7-18)32(14-15-5-4-12-29-13-15)25(35)22-19(27)20(23(28)33)31-36-22/h4-5,8-13,18,21H,1-3,6-7,14,27H2,(H2,28,33)(H,30,34)/t21-/m0/s1. The molecule has 1 aliphatic carbocycles. The van der Waals surface area contributed by atoms with Crippen LogP contribution in [0.5, 0.6) is 0 Å². The number of pyridine rings is 1. The van der Waals surface area contributed by atoms with E-state index in [-0.39, 0.29) is 34.8 Å². The molecule has 0 bridgehead atoms. The summed E-state index contributed by atoms with van der Waals surface area (Å²) in [7, 11) is 0. The topological polar surface area (TPSA) is 144 Å². The molecule has 188 valence electrons. The molecule has 1 saturated carbocycles. The molecule has 0 aliphatic heterocycles. The first-order chi connectivity index (χ1) is 17.3. The molecule has 0 saturated heterocycles. The molecule has 1 atom stereocenters. The van der Waals surface area contributed by atoms with Crippen molar-refractivity contribution in [2.75, 3.05) is 5.73 Å². The fraction of sp³-hybridized carbons (Fsp3) is 0.320. The molecule has 0 spiro atoms. The van der Waals surface area contributed by atoms with Crippen LogP contribution in [0.4, 0.5) is 10.1 Å². The number of nitrogen functional groups attached to an aromatic ring is 1. The average molecular weight is 511 g/mol. The number of hydrogen-bond acceptors (Lipinski definition) is 7. The summed E-state index contributed by atoms with van der Waals surface area (Å²) in [6.45, 7) is 0.00997. The van der Waals surface area contributed by atoms with Crippen LogP contribution in [-0.2, 0) is 11.3 Å². The molecule has 0 radical (unpaired) electrons. The molecule has 5 N–H and O–H groups in total. The van der Waals surface area contributed by atoms with E-state index in [2.05, 4.69) is 14.7 Å². The maximum atomic E-state index is 13.9. The molecule has 0 unspecified atom stereocenters. The van der Waals surface area contributed by atoms with Crippen molar-refractivity contribution in [2.24, 2.45) is 5.73 Å². The summed E-state index contributed by atoms with van der Waals surface area (Å²) in [5, 5.41) is 3.08. The minimum Gasteiger partial charge on any atom is -0.395 e. The Balaban J connectivity index is 1.77. The fourth-order valence-corrected chi connectivity index (χ4v) is 5.13. The van der Waals surface area contributed by atoms with Gasteiger partial charge in [-0.3, -0.25) is 19.4 Å². The van der Waals surface area contributed by atoms with Crippen LogP contribution in [-0.4, -0.2) is 38.0 Å². The SMILES string of the molecule is NC(=O)c1nsc(C(=O)N(Cc2cccnc2)[C@H](C(=O)NC2CCCCC2)c2ccc(F)cc2)c1N. The normalized spacial score (nSPS) is 14.7. The second-order valence-electron chi connectivity index (χ2n) is 8.73. The number of amides is 3. The minimum absolute atomic E-state index is 0.00901. The van der Waals surface area contributed by atoms with Crippen molar-refractivity contribution in [3.63, 3.8) is 0 Å². The molecule has 1 fully saturated rings. The predicted octanol–water partition coefficient (Wildman–Crippen LogP) is 3.19. The summed E-state index contributed by atoms with van der Waals surface area (Å²) >= 11 is 0.740. The number of benzene rings is 1. The third-order valence-corrected chi connectivity index (χ3v) is 7.04. The third-order valence-electron chi connectivity index (χ3n) is 6.19. The van der Waals surface area contributed by atoms with Crippen LogP contribution in [0.2, 0.25) is 0 Å². The number of rotatable bonds is 8.